The number of rotatable bonds is 6. The molecule has 1 aliphatic heterocycles. The number of hydrogen-bond donors (Lipinski definition) is 1. The van der Waals surface area contributed by atoms with Gasteiger partial charge >= 0.3 is 0 Å². The highest BCUT2D eigenvalue weighted by Gasteiger charge is 2.32. The topological polar surface area (TPSA) is 62.1 Å². The Hall–Kier alpha value is -2.22. The van der Waals surface area contributed by atoms with Gasteiger partial charge < -0.3 is 9.80 Å². The first-order chi connectivity index (χ1) is 14.2. The minimum Gasteiger partial charge on any atom is -0.334 e. The molecule has 0 aliphatic carbocycles. The number of carbonyl (C=O) groups is 1. The summed E-state index contributed by atoms with van der Waals surface area (Å²) in [5, 5.41) is 0. The van der Waals surface area contributed by atoms with E-state index in [1.165, 1.54) is 0 Å². The lowest BCUT2D eigenvalue weighted by molar-refractivity contribution is -0.896. The number of hydrogen-bond acceptors (Lipinski definition) is 3. The highest BCUT2D eigenvalue weighted by molar-refractivity contribution is 7.89. The van der Waals surface area contributed by atoms with Crippen molar-refractivity contribution in [3.05, 3.63) is 65.2 Å². The van der Waals surface area contributed by atoms with E-state index in [2.05, 4.69) is 0 Å². The van der Waals surface area contributed by atoms with E-state index in [1.807, 2.05) is 64.2 Å². The molecule has 1 fully saturated rings. The quantitative estimate of drug-likeness (QED) is 0.754. The fourth-order valence-corrected chi connectivity index (χ4v) is 5.28. The molecular formula is C23H32N3O3S+. The summed E-state index contributed by atoms with van der Waals surface area (Å²) in [6, 6.07) is 15.3. The van der Waals surface area contributed by atoms with E-state index in [0.29, 0.717) is 37.6 Å². The maximum atomic E-state index is 13.0. The molecule has 1 aliphatic rings. The fourth-order valence-electron chi connectivity index (χ4n) is 3.75. The van der Waals surface area contributed by atoms with E-state index in [1.54, 1.807) is 21.3 Å². The third-order valence-electron chi connectivity index (χ3n) is 6.20. The van der Waals surface area contributed by atoms with Crippen LogP contribution in [0.3, 0.4) is 0 Å². The Morgan fingerprint density at radius 3 is 2.30 bits per heavy atom. The molecule has 30 heavy (non-hydrogen) atoms. The Labute approximate surface area is 180 Å². The molecular weight excluding hydrogens is 398 g/mol. The molecule has 162 valence electrons. The van der Waals surface area contributed by atoms with Gasteiger partial charge in [-0.2, -0.15) is 4.31 Å². The molecule has 0 spiro atoms. The molecule has 0 radical (unpaired) electrons. The van der Waals surface area contributed by atoms with Crippen LogP contribution in [0.5, 0.6) is 0 Å². The normalized spacial score (nSPS) is 16.9. The molecule has 2 aromatic rings. The van der Waals surface area contributed by atoms with Gasteiger partial charge in [-0.1, -0.05) is 36.4 Å². The molecule has 1 heterocycles. The standard InChI is InChI=1S/C23H31N3O3S/c1-18-10-11-22(16-19(18)2)30(28,29)26-14-12-25(13-15-26)17-23(27)24(4)20(3)21-8-6-5-7-9-21/h5-11,16,20H,12-15,17H2,1-4H3/p+1/t20-/m0/s1. The molecule has 0 aromatic heterocycles. The summed E-state index contributed by atoms with van der Waals surface area (Å²) < 4.78 is 27.5. The lowest BCUT2D eigenvalue weighted by Crippen LogP contribution is -3.15. The molecule has 0 bridgehead atoms. The van der Waals surface area contributed by atoms with Gasteiger partial charge in [-0.3, -0.25) is 4.79 Å². The molecule has 2 aromatic carbocycles. The van der Waals surface area contributed by atoms with E-state index in [-0.39, 0.29) is 11.9 Å². The van der Waals surface area contributed by atoms with E-state index < -0.39 is 10.0 Å². The number of likely N-dealkylation sites (N-methyl/N-ethyl adjacent to an activating group) is 1. The van der Waals surface area contributed by atoms with Gasteiger partial charge in [-0.05, 0) is 49.6 Å². The lowest BCUT2D eigenvalue weighted by atomic mass is 10.1. The van der Waals surface area contributed by atoms with Gasteiger partial charge in [0.2, 0.25) is 10.0 Å². The smallest absolute Gasteiger partial charge is 0.278 e. The first-order valence-electron chi connectivity index (χ1n) is 10.4. The Bertz CT molecular complexity index is 984. The SMILES string of the molecule is Cc1ccc(S(=O)(=O)N2CC[NH+](CC(=O)N(C)[C@@H](C)c3ccccc3)CC2)cc1C. The molecule has 0 unspecified atom stereocenters. The third-order valence-corrected chi connectivity index (χ3v) is 8.10. The second-order valence-corrected chi connectivity index (χ2v) is 10.1. The van der Waals surface area contributed by atoms with Gasteiger partial charge in [0.1, 0.15) is 0 Å². The van der Waals surface area contributed by atoms with Crippen molar-refractivity contribution >= 4 is 15.9 Å². The molecule has 1 saturated heterocycles. The van der Waals surface area contributed by atoms with Crippen LogP contribution >= 0.6 is 0 Å². The zero-order valence-electron chi connectivity index (χ0n) is 18.3. The minimum atomic E-state index is -3.49. The molecule has 6 nitrogen and oxygen atoms in total. The zero-order chi connectivity index (χ0) is 21.9. The van der Waals surface area contributed by atoms with Crippen molar-refractivity contribution in [3.63, 3.8) is 0 Å². The molecule has 7 heteroatoms. The fraction of sp³-hybridized carbons (Fsp3) is 0.435. The van der Waals surface area contributed by atoms with Crippen LogP contribution in [0.2, 0.25) is 0 Å². The number of carbonyl (C=O) groups excluding carboxylic acids is 1. The predicted octanol–water partition coefficient (Wildman–Crippen LogP) is 1.41. The predicted molar refractivity (Wildman–Crippen MR) is 118 cm³/mol. The Morgan fingerprint density at radius 2 is 1.70 bits per heavy atom. The van der Waals surface area contributed by atoms with E-state index >= 15 is 0 Å². The summed E-state index contributed by atoms with van der Waals surface area (Å²) in [6.45, 7) is 8.41. The van der Waals surface area contributed by atoms with Gasteiger partial charge in [0.15, 0.2) is 6.54 Å². The van der Waals surface area contributed by atoms with Crippen LogP contribution in [0.15, 0.2) is 53.4 Å². The third kappa shape index (κ3) is 4.91. The van der Waals surface area contributed by atoms with Gasteiger partial charge in [-0.15, -0.1) is 0 Å². The number of amides is 1. The first kappa shape index (κ1) is 22.5. The van der Waals surface area contributed by atoms with E-state index in [0.717, 1.165) is 21.6 Å². The van der Waals surface area contributed by atoms with Crippen molar-refractivity contribution in [1.29, 1.82) is 0 Å². The number of benzene rings is 2. The van der Waals surface area contributed by atoms with Crippen LogP contribution in [0.25, 0.3) is 0 Å². The van der Waals surface area contributed by atoms with Crippen LogP contribution in [0, 0.1) is 13.8 Å². The molecule has 3 rings (SSSR count). The van der Waals surface area contributed by atoms with Crippen LogP contribution < -0.4 is 4.90 Å². The number of nitrogens with one attached hydrogen (secondary N) is 1. The maximum absolute atomic E-state index is 13.0. The summed E-state index contributed by atoms with van der Waals surface area (Å²) >= 11 is 0. The average Bonchev–Trinajstić information content (AvgIpc) is 2.75. The summed E-state index contributed by atoms with van der Waals surface area (Å²) in [7, 11) is -1.66. The number of quaternary nitrogens is 1. The minimum absolute atomic E-state index is 0.00421. The largest absolute Gasteiger partial charge is 0.334 e. The molecule has 1 amide bonds. The summed E-state index contributed by atoms with van der Waals surface area (Å²) in [4.78, 5) is 16.0. The van der Waals surface area contributed by atoms with Crippen molar-refractivity contribution in [2.75, 3.05) is 39.8 Å². The highest BCUT2D eigenvalue weighted by atomic mass is 32.2. The van der Waals surface area contributed by atoms with Gasteiger partial charge in [-0.25, -0.2) is 8.42 Å². The van der Waals surface area contributed by atoms with Crippen molar-refractivity contribution in [1.82, 2.24) is 9.21 Å². The first-order valence-corrected chi connectivity index (χ1v) is 11.9. The van der Waals surface area contributed by atoms with Crippen LogP contribution in [0.4, 0.5) is 0 Å². The summed E-state index contributed by atoms with van der Waals surface area (Å²) in [5.41, 5.74) is 3.16. The van der Waals surface area contributed by atoms with Gasteiger partial charge in [0.05, 0.1) is 37.1 Å². The van der Waals surface area contributed by atoms with Crippen LogP contribution in [-0.2, 0) is 14.8 Å². The van der Waals surface area contributed by atoms with Crippen molar-refractivity contribution in [3.8, 4) is 0 Å². The van der Waals surface area contributed by atoms with Gasteiger partial charge in [0.25, 0.3) is 5.91 Å². The van der Waals surface area contributed by atoms with Crippen molar-refractivity contribution < 1.29 is 18.1 Å². The van der Waals surface area contributed by atoms with Crippen molar-refractivity contribution in [2.45, 2.75) is 31.7 Å². The molecule has 1 N–H and O–H groups in total. The van der Waals surface area contributed by atoms with E-state index in [4.69, 9.17) is 0 Å². The lowest BCUT2D eigenvalue weighted by Gasteiger charge is -2.33. The zero-order valence-corrected chi connectivity index (χ0v) is 19.1. The van der Waals surface area contributed by atoms with Crippen LogP contribution in [0.1, 0.15) is 29.7 Å². The highest BCUT2D eigenvalue weighted by Crippen LogP contribution is 2.20. The van der Waals surface area contributed by atoms with E-state index in [9.17, 15) is 13.2 Å². The van der Waals surface area contributed by atoms with Crippen LogP contribution in [-0.4, -0.2) is 63.3 Å². The van der Waals surface area contributed by atoms with Crippen molar-refractivity contribution in [2.24, 2.45) is 0 Å². The summed E-state index contributed by atoms with van der Waals surface area (Å²) in [5.74, 6) is 0.0758. The Balaban J connectivity index is 1.57. The molecule has 1 atom stereocenters. The number of nitrogens with zero attached hydrogens (tertiary/aromatic N) is 2. The maximum Gasteiger partial charge on any atom is 0.278 e. The second kappa shape index (κ2) is 9.29. The Morgan fingerprint density at radius 1 is 1.07 bits per heavy atom. The number of aryl methyl sites for hydroxylation is 2. The number of sulfonamides is 1. The average molecular weight is 431 g/mol. The van der Waals surface area contributed by atoms with Gasteiger partial charge in [0, 0.05) is 7.05 Å². The second-order valence-electron chi connectivity index (χ2n) is 8.17. The Kier molecular flexibility index (Phi) is 6.95. The summed E-state index contributed by atoms with van der Waals surface area (Å²) in [6.07, 6.45) is 0. The molecule has 0 saturated carbocycles. The monoisotopic (exact) mass is 430 g/mol. The number of piperazine rings is 1.